The normalized spacial score (nSPS) is 17.8. The molecule has 0 spiro atoms. The maximum atomic E-state index is 13.8. The minimum absolute atomic E-state index is 0.0372. The molecule has 30 heavy (non-hydrogen) atoms. The first-order chi connectivity index (χ1) is 14.0. The number of hydrazine groups is 1. The zero-order valence-corrected chi connectivity index (χ0v) is 19.0. The van der Waals surface area contributed by atoms with Gasteiger partial charge in [-0.15, -0.1) is 0 Å². The Morgan fingerprint density at radius 3 is 2.63 bits per heavy atom. The van der Waals surface area contributed by atoms with E-state index in [1.165, 1.54) is 24.3 Å². The Bertz CT molecular complexity index is 779. The van der Waals surface area contributed by atoms with Crippen LogP contribution in [0.5, 0.6) is 0 Å². The molecule has 0 bridgehead atoms. The van der Waals surface area contributed by atoms with Crippen LogP contribution in [0.2, 0.25) is 0 Å². The Morgan fingerprint density at radius 1 is 1.33 bits per heavy atom. The van der Waals surface area contributed by atoms with E-state index in [1.54, 1.807) is 26.8 Å². The number of amides is 2. The highest BCUT2D eigenvalue weighted by atomic mass is 79.9. The molecule has 0 radical (unpaired) electrons. The van der Waals surface area contributed by atoms with Gasteiger partial charge in [0.25, 0.3) is 5.91 Å². The van der Waals surface area contributed by atoms with Gasteiger partial charge in [-0.2, -0.15) is 0 Å². The fourth-order valence-corrected chi connectivity index (χ4v) is 3.57. The van der Waals surface area contributed by atoms with Crippen LogP contribution in [0.25, 0.3) is 0 Å². The number of esters is 1. The molecule has 1 aliphatic heterocycles. The highest BCUT2D eigenvalue weighted by Gasteiger charge is 2.33. The molecular formula is C20H27BrFN3O5. The Balaban J connectivity index is 2.21. The molecular weight excluding hydrogens is 461 g/mol. The molecule has 0 aliphatic carbocycles. The van der Waals surface area contributed by atoms with Crippen molar-refractivity contribution in [3.63, 3.8) is 0 Å². The molecule has 1 aliphatic rings. The van der Waals surface area contributed by atoms with Gasteiger partial charge in [0.2, 0.25) is 0 Å². The van der Waals surface area contributed by atoms with E-state index in [4.69, 9.17) is 9.47 Å². The first-order valence-corrected chi connectivity index (χ1v) is 10.4. The second kappa shape index (κ2) is 10.2. The van der Waals surface area contributed by atoms with E-state index in [0.717, 1.165) is 0 Å². The van der Waals surface area contributed by atoms with Gasteiger partial charge in [-0.05, 0) is 57.4 Å². The van der Waals surface area contributed by atoms with Gasteiger partial charge in [0, 0.05) is 17.4 Å². The van der Waals surface area contributed by atoms with Crippen LogP contribution in [0.3, 0.4) is 0 Å². The third kappa shape index (κ3) is 7.24. The number of hydrogen-bond donors (Lipinski definition) is 2. The van der Waals surface area contributed by atoms with Crippen molar-refractivity contribution in [2.75, 3.05) is 13.7 Å². The van der Waals surface area contributed by atoms with Crippen molar-refractivity contribution < 1.29 is 28.2 Å². The highest BCUT2D eigenvalue weighted by molar-refractivity contribution is 9.10. The van der Waals surface area contributed by atoms with Crippen LogP contribution in [-0.2, 0) is 25.5 Å². The standard InChI is InChI=1S/C20H27BrFN3O5/c1-20(2,3)30-19(28)23-16(10-12-8-13(21)11-14(22)9-12)17(26)25-7-5-6-15(24-25)18(27)29-4/h8-9,11,15-16,24H,5-7,10H2,1-4H3,(H,23,28). The van der Waals surface area contributed by atoms with Crippen molar-refractivity contribution in [3.8, 4) is 0 Å². The van der Waals surface area contributed by atoms with Gasteiger partial charge in [0.05, 0.1) is 7.11 Å². The Labute approximate surface area is 183 Å². The molecule has 1 fully saturated rings. The van der Waals surface area contributed by atoms with E-state index >= 15 is 0 Å². The molecule has 0 aromatic heterocycles. The summed E-state index contributed by atoms with van der Waals surface area (Å²) >= 11 is 3.23. The monoisotopic (exact) mass is 487 g/mol. The second-order valence-electron chi connectivity index (χ2n) is 8.02. The van der Waals surface area contributed by atoms with E-state index in [-0.39, 0.29) is 6.42 Å². The van der Waals surface area contributed by atoms with Crippen molar-refractivity contribution in [2.45, 2.75) is 57.7 Å². The largest absolute Gasteiger partial charge is 0.468 e. The van der Waals surface area contributed by atoms with Crippen molar-refractivity contribution in [1.82, 2.24) is 15.8 Å². The molecule has 1 saturated heterocycles. The number of alkyl carbamates (subject to hydrolysis) is 1. The van der Waals surface area contributed by atoms with Gasteiger partial charge in [0.1, 0.15) is 23.5 Å². The predicted molar refractivity (Wildman–Crippen MR) is 111 cm³/mol. The van der Waals surface area contributed by atoms with E-state index in [2.05, 4.69) is 26.7 Å². The van der Waals surface area contributed by atoms with Crippen LogP contribution in [0.1, 0.15) is 39.2 Å². The summed E-state index contributed by atoms with van der Waals surface area (Å²) in [5.74, 6) is -1.40. The molecule has 2 atom stereocenters. The van der Waals surface area contributed by atoms with Gasteiger partial charge in [-0.25, -0.2) is 14.6 Å². The summed E-state index contributed by atoms with van der Waals surface area (Å²) in [5.41, 5.74) is 2.61. The van der Waals surface area contributed by atoms with Crippen molar-refractivity contribution >= 4 is 33.9 Å². The molecule has 2 unspecified atom stereocenters. The Kier molecular flexibility index (Phi) is 8.19. The van der Waals surface area contributed by atoms with Crippen LogP contribution < -0.4 is 10.7 Å². The average Bonchev–Trinajstić information content (AvgIpc) is 2.64. The number of carbonyl (C=O) groups excluding carboxylic acids is 3. The zero-order chi connectivity index (χ0) is 22.5. The minimum Gasteiger partial charge on any atom is -0.468 e. The molecule has 0 saturated carbocycles. The number of carbonyl (C=O) groups is 3. The summed E-state index contributed by atoms with van der Waals surface area (Å²) < 4.78 is 24.3. The molecule has 2 rings (SSSR count). The first-order valence-electron chi connectivity index (χ1n) is 9.58. The molecule has 10 heteroatoms. The number of nitrogens with zero attached hydrogens (tertiary/aromatic N) is 1. The molecule has 2 N–H and O–H groups in total. The van der Waals surface area contributed by atoms with Gasteiger partial charge in [-0.3, -0.25) is 14.6 Å². The Morgan fingerprint density at radius 2 is 2.03 bits per heavy atom. The van der Waals surface area contributed by atoms with Gasteiger partial charge >= 0.3 is 12.1 Å². The quantitative estimate of drug-likeness (QED) is 0.619. The average molecular weight is 488 g/mol. The third-order valence-electron chi connectivity index (χ3n) is 4.29. The lowest BCUT2D eigenvalue weighted by molar-refractivity contribution is -0.150. The first kappa shape index (κ1) is 24.1. The summed E-state index contributed by atoms with van der Waals surface area (Å²) in [6.07, 6.45) is 0.383. The van der Waals surface area contributed by atoms with E-state index in [0.29, 0.717) is 29.4 Å². The zero-order valence-electron chi connectivity index (χ0n) is 17.5. The summed E-state index contributed by atoms with van der Waals surface area (Å²) in [7, 11) is 1.28. The van der Waals surface area contributed by atoms with Gasteiger partial charge in [0.15, 0.2) is 0 Å². The van der Waals surface area contributed by atoms with Crippen molar-refractivity contribution in [2.24, 2.45) is 0 Å². The molecule has 2 amide bonds. The van der Waals surface area contributed by atoms with E-state index in [1.807, 2.05) is 0 Å². The van der Waals surface area contributed by atoms with Gasteiger partial charge in [-0.1, -0.05) is 15.9 Å². The molecule has 1 aromatic carbocycles. The molecule has 1 aromatic rings. The number of ether oxygens (including phenoxy) is 2. The van der Waals surface area contributed by atoms with Crippen molar-refractivity contribution in [3.05, 3.63) is 34.1 Å². The maximum absolute atomic E-state index is 13.8. The fraction of sp³-hybridized carbons (Fsp3) is 0.550. The summed E-state index contributed by atoms with van der Waals surface area (Å²) in [4.78, 5) is 37.3. The van der Waals surface area contributed by atoms with Crippen LogP contribution in [0, 0.1) is 5.82 Å². The van der Waals surface area contributed by atoms with Crippen LogP contribution >= 0.6 is 15.9 Å². The summed E-state index contributed by atoms with van der Waals surface area (Å²) in [6.45, 7) is 5.48. The van der Waals surface area contributed by atoms with E-state index < -0.39 is 41.5 Å². The number of rotatable bonds is 5. The SMILES string of the molecule is COC(=O)C1CCCN(C(=O)C(Cc2cc(F)cc(Br)c2)NC(=O)OC(C)(C)C)N1. The number of benzene rings is 1. The lowest BCUT2D eigenvalue weighted by Gasteiger charge is -2.35. The highest BCUT2D eigenvalue weighted by Crippen LogP contribution is 2.18. The summed E-state index contributed by atoms with van der Waals surface area (Å²) in [6, 6.07) is 2.58. The van der Waals surface area contributed by atoms with Gasteiger partial charge < -0.3 is 14.8 Å². The van der Waals surface area contributed by atoms with Crippen molar-refractivity contribution in [1.29, 1.82) is 0 Å². The summed E-state index contributed by atoms with van der Waals surface area (Å²) in [5, 5.41) is 3.86. The number of methoxy groups -OCH3 is 1. The maximum Gasteiger partial charge on any atom is 0.408 e. The smallest absolute Gasteiger partial charge is 0.408 e. The van der Waals surface area contributed by atoms with Crippen LogP contribution in [0.15, 0.2) is 22.7 Å². The van der Waals surface area contributed by atoms with Crippen LogP contribution in [0.4, 0.5) is 9.18 Å². The molecule has 166 valence electrons. The Hall–Kier alpha value is -2.20. The lowest BCUT2D eigenvalue weighted by Crippen LogP contribution is -2.60. The topological polar surface area (TPSA) is 97.0 Å². The second-order valence-corrected chi connectivity index (χ2v) is 8.93. The predicted octanol–water partition coefficient (Wildman–Crippen LogP) is 2.69. The number of hydrogen-bond acceptors (Lipinski definition) is 6. The lowest BCUT2D eigenvalue weighted by atomic mass is 10.0. The van der Waals surface area contributed by atoms with E-state index in [9.17, 15) is 18.8 Å². The fourth-order valence-electron chi connectivity index (χ4n) is 3.06. The number of nitrogens with one attached hydrogen (secondary N) is 2. The minimum atomic E-state index is -1.03. The molecule has 1 heterocycles. The number of halogens is 2. The third-order valence-corrected chi connectivity index (χ3v) is 4.75. The molecule has 8 nitrogen and oxygen atoms in total. The van der Waals surface area contributed by atoms with Crippen LogP contribution in [-0.4, -0.2) is 54.3 Å².